The van der Waals surface area contributed by atoms with Crippen LogP contribution in [0.1, 0.15) is 9.75 Å². The largest absolute Gasteiger partial charge is 0.345 e. The van der Waals surface area contributed by atoms with Gasteiger partial charge in [0.25, 0.3) is 0 Å². The molecule has 2 aromatic heterocycles. The smallest absolute Gasteiger partial charge is 0.186 e. The average Bonchev–Trinajstić information content (AvgIpc) is 3.21. The first kappa shape index (κ1) is 16.6. The van der Waals surface area contributed by atoms with Crippen molar-refractivity contribution in [2.24, 2.45) is 0 Å². The molecule has 4 rings (SSSR count). The molecule has 0 amide bonds. The maximum atomic E-state index is 6.07. The molecule has 0 N–H and O–H groups in total. The van der Waals surface area contributed by atoms with Crippen molar-refractivity contribution in [1.82, 2.24) is 9.88 Å². The Morgan fingerprint density at radius 3 is 2.54 bits per heavy atom. The number of alkyl halides is 1. The van der Waals surface area contributed by atoms with Crippen LogP contribution in [-0.4, -0.2) is 36.1 Å². The summed E-state index contributed by atoms with van der Waals surface area (Å²) in [6, 6.07) is 10.2. The first-order chi connectivity index (χ1) is 11.7. The van der Waals surface area contributed by atoms with E-state index in [0.717, 1.165) is 53.1 Å². The molecule has 0 atom stereocenters. The molecule has 0 unspecified atom stereocenters. The van der Waals surface area contributed by atoms with Crippen LogP contribution in [0.2, 0.25) is 5.02 Å². The second kappa shape index (κ2) is 7.18. The molecule has 0 spiro atoms. The van der Waals surface area contributed by atoms with Crippen molar-refractivity contribution in [1.29, 1.82) is 0 Å². The van der Waals surface area contributed by atoms with Gasteiger partial charge in [0.2, 0.25) is 0 Å². The van der Waals surface area contributed by atoms with Crippen molar-refractivity contribution >= 4 is 61.2 Å². The first-order valence-corrected chi connectivity index (χ1v) is 10.4. The predicted octanol–water partition coefficient (Wildman–Crippen LogP) is 5.07. The fraction of sp³-hybridized carbons (Fsp3) is 0.353. The van der Waals surface area contributed by atoms with Gasteiger partial charge in [0, 0.05) is 47.5 Å². The van der Waals surface area contributed by atoms with Crippen LogP contribution < -0.4 is 4.90 Å². The summed E-state index contributed by atoms with van der Waals surface area (Å²) in [7, 11) is 0. The summed E-state index contributed by atoms with van der Waals surface area (Å²) in [6.45, 7) is 5.17. The highest BCUT2D eigenvalue weighted by Crippen LogP contribution is 2.31. The van der Waals surface area contributed by atoms with Gasteiger partial charge in [-0.05, 0) is 30.3 Å². The lowest BCUT2D eigenvalue weighted by atomic mass is 10.3. The summed E-state index contributed by atoms with van der Waals surface area (Å²) in [5.41, 5.74) is 1.04. The lowest BCUT2D eigenvalue weighted by Crippen LogP contribution is -2.45. The molecular formula is C17H17Cl2N3S2. The van der Waals surface area contributed by atoms with E-state index in [1.807, 2.05) is 29.5 Å². The molecule has 1 saturated heterocycles. The van der Waals surface area contributed by atoms with Gasteiger partial charge < -0.3 is 4.90 Å². The number of rotatable bonds is 4. The molecule has 1 aliphatic rings. The van der Waals surface area contributed by atoms with Crippen LogP contribution in [0.3, 0.4) is 0 Å². The maximum absolute atomic E-state index is 6.07. The van der Waals surface area contributed by atoms with E-state index in [0.29, 0.717) is 5.88 Å². The standard InChI is InChI=1S/C17H17Cl2N3S2/c18-10-13-2-3-14(23-13)11-21-5-7-22(8-6-21)17-20-15-4-1-12(19)9-16(15)24-17/h1-4,9H,5-8,10-11H2. The van der Waals surface area contributed by atoms with Gasteiger partial charge in [0.05, 0.1) is 16.1 Å². The number of fused-ring (bicyclic) bond motifs is 1. The van der Waals surface area contributed by atoms with Gasteiger partial charge in [-0.1, -0.05) is 22.9 Å². The molecule has 24 heavy (non-hydrogen) atoms. The lowest BCUT2D eigenvalue weighted by Gasteiger charge is -2.34. The fourth-order valence-electron chi connectivity index (χ4n) is 2.92. The number of hydrogen-bond donors (Lipinski definition) is 0. The van der Waals surface area contributed by atoms with Crippen LogP contribution in [0.15, 0.2) is 30.3 Å². The minimum absolute atomic E-state index is 0.611. The van der Waals surface area contributed by atoms with Crippen molar-refractivity contribution in [3.8, 4) is 0 Å². The topological polar surface area (TPSA) is 19.4 Å². The second-order valence-corrected chi connectivity index (χ2v) is 8.84. The summed E-state index contributed by atoms with van der Waals surface area (Å²) in [5, 5.41) is 1.88. The van der Waals surface area contributed by atoms with E-state index < -0.39 is 0 Å². The van der Waals surface area contributed by atoms with E-state index in [4.69, 9.17) is 28.2 Å². The quantitative estimate of drug-likeness (QED) is 0.572. The highest BCUT2D eigenvalue weighted by atomic mass is 35.5. The van der Waals surface area contributed by atoms with Crippen molar-refractivity contribution in [3.63, 3.8) is 0 Å². The highest BCUT2D eigenvalue weighted by molar-refractivity contribution is 7.22. The molecule has 7 heteroatoms. The molecule has 3 nitrogen and oxygen atoms in total. The Balaban J connectivity index is 1.39. The van der Waals surface area contributed by atoms with Gasteiger partial charge >= 0.3 is 0 Å². The zero-order chi connectivity index (χ0) is 16.5. The van der Waals surface area contributed by atoms with Gasteiger partial charge in [-0.3, -0.25) is 4.90 Å². The molecule has 0 saturated carbocycles. The zero-order valence-electron chi connectivity index (χ0n) is 13.0. The van der Waals surface area contributed by atoms with Crippen LogP contribution in [0, 0.1) is 0 Å². The van der Waals surface area contributed by atoms with E-state index >= 15 is 0 Å². The van der Waals surface area contributed by atoms with Crippen LogP contribution >= 0.6 is 45.9 Å². The van der Waals surface area contributed by atoms with Gasteiger partial charge in [0.15, 0.2) is 5.13 Å². The monoisotopic (exact) mass is 397 g/mol. The maximum Gasteiger partial charge on any atom is 0.186 e. The van der Waals surface area contributed by atoms with Crippen molar-refractivity contribution in [3.05, 3.63) is 45.1 Å². The molecule has 3 aromatic rings. The van der Waals surface area contributed by atoms with Crippen molar-refractivity contribution in [2.75, 3.05) is 31.1 Å². The summed E-state index contributed by atoms with van der Waals surface area (Å²) >= 11 is 15.5. The third kappa shape index (κ3) is 3.55. The number of piperazine rings is 1. The van der Waals surface area contributed by atoms with E-state index in [1.165, 1.54) is 9.75 Å². The third-order valence-corrected chi connectivity index (χ3v) is 7.04. The van der Waals surface area contributed by atoms with E-state index in [9.17, 15) is 0 Å². The first-order valence-electron chi connectivity index (χ1n) is 7.88. The van der Waals surface area contributed by atoms with E-state index in [-0.39, 0.29) is 0 Å². The number of halogens is 2. The van der Waals surface area contributed by atoms with Crippen LogP contribution in [0.25, 0.3) is 10.2 Å². The summed E-state index contributed by atoms with van der Waals surface area (Å²) < 4.78 is 1.16. The average molecular weight is 398 g/mol. The minimum atomic E-state index is 0.611. The molecule has 0 bridgehead atoms. The molecular weight excluding hydrogens is 381 g/mol. The lowest BCUT2D eigenvalue weighted by molar-refractivity contribution is 0.252. The fourth-order valence-corrected chi connectivity index (χ4v) is 5.37. The molecule has 0 aliphatic carbocycles. The SMILES string of the molecule is ClCc1ccc(CN2CCN(c3nc4ccc(Cl)cc4s3)CC2)s1. The Hall–Kier alpha value is -0.850. The Labute approximate surface area is 159 Å². The van der Waals surface area contributed by atoms with E-state index in [2.05, 4.69) is 21.9 Å². The number of benzene rings is 1. The Kier molecular flexibility index (Phi) is 4.97. The van der Waals surface area contributed by atoms with Crippen molar-refractivity contribution in [2.45, 2.75) is 12.4 Å². The predicted molar refractivity (Wildman–Crippen MR) is 106 cm³/mol. The van der Waals surface area contributed by atoms with Crippen LogP contribution in [0.5, 0.6) is 0 Å². The summed E-state index contributed by atoms with van der Waals surface area (Å²) in [4.78, 5) is 12.3. The number of aromatic nitrogens is 1. The number of thiazole rings is 1. The Bertz CT molecular complexity index is 837. The molecule has 0 radical (unpaired) electrons. The van der Waals surface area contributed by atoms with E-state index in [1.54, 1.807) is 11.3 Å². The van der Waals surface area contributed by atoms with Crippen LogP contribution in [0.4, 0.5) is 5.13 Å². The summed E-state index contributed by atoms with van der Waals surface area (Å²) in [5.74, 6) is 0.611. The molecule has 1 aliphatic heterocycles. The highest BCUT2D eigenvalue weighted by Gasteiger charge is 2.20. The Morgan fingerprint density at radius 1 is 1.00 bits per heavy atom. The summed E-state index contributed by atoms with van der Waals surface area (Å²) in [6.07, 6.45) is 0. The van der Waals surface area contributed by atoms with Crippen LogP contribution in [-0.2, 0) is 12.4 Å². The van der Waals surface area contributed by atoms with Gasteiger partial charge in [-0.25, -0.2) is 4.98 Å². The second-order valence-electron chi connectivity index (χ2n) is 5.87. The van der Waals surface area contributed by atoms with Gasteiger partial charge in [-0.15, -0.1) is 22.9 Å². The minimum Gasteiger partial charge on any atom is -0.345 e. The third-order valence-electron chi connectivity index (χ3n) is 4.21. The molecule has 3 heterocycles. The van der Waals surface area contributed by atoms with Gasteiger partial charge in [-0.2, -0.15) is 0 Å². The molecule has 1 fully saturated rings. The van der Waals surface area contributed by atoms with Crippen molar-refractivity contribution < 1.29 is 0 Å². The normalized spacial score (nSPS) is 16.2. The molecule has 1 aromatic carbocycles. The number of hydrogen-bond acceptors (Lipinski definition) is 5. The number of thiophene rings is 1. The van der Waals surface area contributed by atoms with Gasteiger partial charge in [0.1, 0.15) is 0 Å². The number of anilines is 1. The molecule has 126 valence electrons. The zero-order valence-corrected chi connectivity index (χ0v) is 16.2. The number of nitrogens with zero attached hydrogens (tertiary/aromatic N) is 3. The Morgan fingerprint density at radius 2 is 1.79 bits per heavy atom.